The van der Waals surface area contributed by atoms with E-state index in [0.29, 0.717) is 0 Å². The van der Waals surface area contributed by atoms with Crippen LogP contribution in [0.1, 0.15) is 0 Å². The van der Waals surface area contributed by atoms with Gasteiger partial charge in [-0.05, 0) is 51.6 Å². The van der Waals surface area contributed by atoms with E-state index in [1.165, 1.54) is 80.3 Å². The molecule has 2 heteroatoms. The van der Waals surface area contributed by atoms with E-state index in [-0.39, 0.29) is 0 Å². The van der Waals surface area contributed by atoms with Gasteiger partial charge >= 0.3 is 0 Å². The van der Waals surface area contributed by atoms with Crippen molar-refractivity contribution in [2.24, 2.45) is 0 Å². The summed E-state index contributed by atoms with van der Waals surface area (Å²) in [7, 11) is 0. The van der Waals surface area contributed by atoms with E-state index in [1.54, 1.807) is 0 Å². The molecular weight excluding hydrogens is 502 g/mol. The van der Waals surface area contributed by atoms with Gasteiger partial charge in [0, 0.05) is 36.3 Å². The second kappa shape index (κ2) is 8.29. The molecule has 0 radical (unpaired) electrons. The van der Waals surface area contributed by atoms with Crippen LogP contribution in [0.4, 0.5) is 0 Å². The van der Waals surface area contributed by atoms with E-state index in [2.05, 4.69) is 144 Å². The highest BCUT2D eigenvalue weighted by atomic mass is 32.1. The first kappa shape index (κ1) is 22.0. The minimum atomic E-state index is 1.22. The van der Waals surface area contributed by atoms with Crippen LogP contribution in [-0.4, -0.2) is 4.57 Å². The van der Waals surface area contributed by atoms with Crippen LogP contribution in [0.3, 0.4) is 0 Å². The Labute approximate surface area is 235 Å². The topological polar surface area (TPSA) is 4.93 Å². The summed E-state index contributed by atoms with van der Waals surface area (Å²) in [6, 6.07) is 51.0. The van der Waals surface area contributed by atoms with Gasteiger partial charge in [0.1, 0.15) is 0 Å². The molecule has 0 bridgehead atoms. The van der Waals surface area contributed by atoms with Gasteiger partial charge in [0.05, 0.1) is 16.7 Å². The number of benzene rings is 7. The van der Waals surface area contributed by atoms with Crippen LogP contribution >= 0.6 is 11.3 Å². The molecule has 0 aliphatic carbocycles. The van der Waals surface area contributed by atoms with Crippen LogP contribution in [-0.2, 0) is 0 Å². The van der Waals surface area contributed by atoms with Crippen LogP contribution in [0.25, 0.3) is 80.3 Å². The highest BCUT2D eigenvalue weighted by molar-refractivity contribution is 7.27. The Hall–Kier alpha value is -4.92. The zero-order chi connectivity index (χ0) is 26.2. The first-order valence-electron chi connectivity index (χ1n) is 13.7. The van der Waals surface area contributed by atoms with E-state index in [1.807, 2.05) is 11.3 Å². The second-order valence-electron chi connectivity index (χ2n) is 10.5. The minimum absolute atomic E-state index is 1.22. The molecule has 0 aliphatic heterocycles. The summed E-state index contributed by atoms with van der Waals surface area (Å²) in [5.74, 6) is 0. The fraction of sp³-hybridized carbons (Fsp3) is 0. The quantitative estimate of drug-likeness (QED) is 0.211. The van der Waals surface area contributed by atoms with E-state index in [0.717, 1.165) is 0 Å². The Balaban J connectivity index is 1.56. The Morgan fingerprint density at radius 2 is 1.12 bits per heavy atom. The number of thiophene rings is 1. The Kier molecular flexibility index (Phi) is 4.55. The highest BCUT2D eigenvalue weighted by Crippen LogP contribution is 2.49. The summed E-state index contributed by atoms with van der Waals surface area (Å²) < 4.78 is 5.18. The average molecular weight is 526 g/mol. The zero-order valence-electron chi connectivity index (χ0n) is 21.6. The molecule has 0 saturated carbocycles. The molecule has 9 aromatic rings. The van der Waals surface area contributed by atoms with Crippen molar-refractivity contribution in [3.63, 3.8) is 0 Å². The third-order valence-electron chi connectivity index (χ3n) is 8.36. The number of para-hydroxylation sites is 1. The molecule has 1 nitrogen and oxygen atoms in total. The summed E-state index contributed by atoms with van der Waals surface area (Å²) in [6.07, 6.45) is 0. The molecule has 0 N–H and O–H groups in total. The third kappa shape index (κ3) is 2.97. The van der Waals surface area contributed by atoms with Crippen LogP contribution in [0.5, 0.6) is 0 Å². The van der Waals surface area contributed by atoms with Gasteiger partial charge < -0.3 is 4.57 Å². The first-order chi connectivity index (χ1) is 19.9. The standard InChI is InChI=1S/C38H23NS/c1-2-11-25(12-3-1)30-23-33-35(38-37(30)36-28-17-7-5-14-26(28)21-22-34(36)40-38)29-18-8-9-19-32(29)39(33)31-20-10-15-24-13-4-6-16-27(24)31/h1-23H. The van der Waals surface area contributed by atoms with Gasteiger partial charge in [0.15, 0.2) is 0 Å². The maximum Gasteiger partial charge on any atom is 0.0562 e. The van der Waals surface area contributed by atoms with Gasteiger partial charge in [0.2, 0.25) is 0 Å². The lowest BCUT2D eigenvalue weighted by Crippen LogP contribution is -1.95. The Morgan fingerprint density at radius 3 is 1.98 bits per heavy atom. The summed E-state index contributed by atoms with van der Waals surface area (Å²) in [6.45, 7) is 0. The van der Waals surface area contributed by atoms with Gasteiger partial charge in [-0.25, -0.2) is 0 Å². The molecule has 186 valence electrons. The van der Waals surface area contributed by atoms with Crippen molar-refractivity contribution < 1.29 is 0 Å². The van der Waals surface area contributed by atoms with Gasteiger partial charge in [-0.2, -0.15) is 0 Å². The van der Waals surface area contributed by atoms with Crippen LogP contribution < -0.4 is 0 Å². The number of hydrogen-bond donors (Lipinski definition) is 0. The number of aromatic nitrogens is 1. The molecular formula is C38H23NS. The number of fused-ring (bicyclic) bond motifs is 10. The van der Waals surface area contributed by atoms with Crippen molar-refractivity contribution in [1.29, 1.82) is 0 Å². The zero-order valence-corrected chi connectivity index (χ0v) is 22.5. The van der Waals surface area contributed by atoms with Gasteiger partial charge in [0.25, 0.3) is 0 Å². The van der Waals surface area contributed by atoms with E-state index < -0.39 is 0 Å². The molecule has 0 amide bonds. The van der Waals surface area contributed by atoms with Crippen molar-refractivity contribution >= 4 is 74.9 Å². The highest BCUT2D eigenvalue weighted by Gasteiger charge is 2.22. The lowest BCUT2D eigenvalue weighted by atomic mass is 9.95. The predicted molar refractivity (Wildman–Crippen MR) is 174 cm³/mol. The molecule has 0 unspecified atom stereocenters. The maximum absolute atomic E-state index is 2.49. The fourth-order valence-electron chi connectivity index (χ4n) is 6.65. The van der Waals surface area contributed by atoms with Crippen LogP contribution in [0, 0.1) is 0 Å². The van der Waals surface area contributed by atoms with Crippen LogP contribution in [0.2, 0.25) is 0 Å². The van der Waals surface area contributed by atoms with Gasteiger partial charge in [-0.3, -0.25) is 0 Å². The van der Waals surface area contributed by atoms with E-state index in [9.17, 15) is 0 Å². The molecule has 0 fully saturated rings. The molecule has 7 aromatic carbocycles. The van der Waals surface area contributed by atoms with E-state index >= 15 is 0 Å². The molecule has 2 aromatic heterocycles. The molecule has 0 atom stereocenters. The maximum atomic E-state index is 2.49. The lowest BCUT2D eigenvalue weighted by Gasteiger charge is -2.13. The Bertz CT molecular complexity index is 2420. The number of rotatable bonds is 2. The molecule has 0 spiro atoms. The van der Waals surface area contributed by atoms with Crippen molar-refractivity contribution in [3.05, 3.63) is 140 Å². The number of hydrogen-bond acceptors (Lipinski definition) is 1. The number of nitrogens with zero attached hydrogens (tertiary/aromatic N) is 1. The molecule has 9 rings (SSSR count). The molecule has 0 aliphatic rings. The van der Waals surface area contributed by atoms with Crippen molar-refractivity contribution in [1.82, 2.24) is 4.57 Å². The molecule has 40 heavy (non-hydrogen) atoms. The van der Waals surface area contributed by atoms with Crippen molar-refractivity contribution in [3.8, 4) is 16.8 Å². The normalized spacial score (nSPS) is 12.0. The smallest absolute Gasteiger partial charge is 0.0562 e. The van der Waals surface area contributed by atoms with Crippen molar-refractivity contribution in [2.75, 3.05) is 0 Å². The van der Waals surface area contributed by atoms with E-state index in [4.69, 9.17) is 0 Å². The monoisotopic (exact) mass is 525 g/mol. The van der Waals surface area contributed by atoms with Gasteiger partial charge in [-0.1, -0.05) is 115 Å². The summed E-state index contributed by atoms with van der Waals surface area (Å²) >= 11 is 1.93. The molecule has 0 saturated heterocycles. The third-order valence-corrected chi connectivity index (χ3v) is 9.53. The summed E-state index contributed by atoms with van der Waals surface area (Å²) in [5.41, 5.74) is 6.24. The molecule has 2 heterocycles. The summed E-state index contributed by atoms with van der Waals surface area (Å²) in [4.78, 5) is 0. The average Bonchev–Trinajstić information content (AvgIpc) is 3.57. The fourth-order valence-corrected chi connectivity index (χ4v) is 7.95. The SMILES string of the molecule is c1ccc(-c2cc3c(c4ccccc4n3-c3cccc4ccccc34)c3sc4ccc5ccccc5c4c23)cc1. The first-order valence-corrected chi connectivity index (χ1v) is 14.5. The lowest BCUT2D eigenvalue weighted by molar-refractivity contribution is 1.20. The van der Waals surface area contributed by atoms with Crippen molar-refractivity contribution in [2.45, 2.75) is 0 Å². The minimum Gasteiger partial charge on any atom is -0.309 e. The van der Waals surface area contributed by atoms with Gasteiger partial charge in [-0.15, -0.1) is 11.3 Å². The predicted octanol–water partition coefficient (Wildman–Crippen LogP) is 11.1. The Morgan fingerprint density at radius 1 is 0.450 bits per heavy atom. The second-order valence-corrected chi connectivity index (χ2v) is 11.6. The van der Waals surface area contributed by atoms with Crippen LogP contribution in [0.15, 0.2) is 140 Å². The largest absolute Gasteiger partial charge is 0.309 e. The summed E-state index contributed by atoms with van der Waals surface area (Å²) in [5, 5.41) is 10.5.